The van der Waals surface area contributed by atoms with Gasteiger partial charge in [-0.15, -0.1) is 0 Å². The van der Waals surface area contributed by atoms with Crippen LogP contribution in [0.3, 0.4) is 0 Å². The first-order valence-electron chi connectivity index (χ1n) is 7.05. The Morgan fingerprint density at radius 2 is 2.23 bits per heavy atom. The summed E-state index contributed by atoms with van der Waals surface area (Å²) in [5.41, 5.74) is -0.487. The van der Waals surface area contributed by atoms with E-state index in [-0.39, 0.29) is 11.1 Å². The second-order valence-corrected chi connectivity index (χ2v) is 7.34. The SMILES string of the molecule is CCCN(C1CCNC1)S(=O)(=O)c1c(Cl)cccc1[N+](=O)[O-]. The van der Waals surface area contributed by atoms with Crippen molar-refractivity contribution in [3.63, 3.8) is 0 Å². The van der Waals surface area contributed by atoms with Crippen LogP contribution in [-0.2, 0) is 10.0 Å². The highest BCUT2D eigenvalue weighted by Gasteiger charge is 2.38. The maximum Gasteiger partial charge on any atom is 0.290 e. The van der Waals surface area contributed by atoms with E-state index in [0.29, 0.717) is 25.9 Å². The average molecular weight is 348 g/mol. The second-order valence-electron chi connectivity index (χ2n) is 5.11. The third-order valence-corrected chi connectivity index (χ3v) is 6.07. The maximum absolute atomic E-state index is 13.0. The van der Waals surface area contributed by atoms with Gasteiger partial charge in [-0.3, -0.25) is 10.1 Å². The van der Waals surface area contributed by atoms with Crippen LogP contribution in [0.2, 0.25) is 5.02 Å². The maximum atomic E-state index is 13.0. The number of hydrogen-bond acceptors (Lipinski definition) is 5. The molecule has 0 amide bonds. The van der Waals surface area contributed by atoms with Crippen molar-refractivity contribution in [1.29, 1.82) is 0 Å². The molecule has 0 bridgehead atoms. The molecule has 0 radical (unpaired) electrons. The number of hydrogen-bond donors (Lipinski definition) is 1. The number of nitrogens with one attached hydrogen (secondary N) is 1. The van der Waals surface area contributed by atoms with Gasteiger partial charge in [0.2, 0.25) is 0 Å². The van der Waals surface area contributed by atoms with Crippen molar-refractivity contribution in [2.75, 3.05) is 19.6 Å². The van der Waals surface area contributed by atoms with E-state index in [1.165, 1.54) is 16.4 Å². The molecule has 2 rings (SSSR count). The van der Waals surface area contributed by atoms with Gasteiger partial charge in [0.15, 0.2) is 4.90 Å². The van der Waals surface area contributed by atoms with Crippen LogP contribution in [0.4, 0.5) is 5.69 Å². The zero-order chi connectivity index (χ0) is 16.3. The first-order valence-corrected chi connectivity index (χ1v) is 8.86. The van der Waals surface area contributed by atoms with Gasteiger partial charge in [-0.25, -0.2) is 8.42 Å². The number of halogens is 1. The highest BCUT2D eigenvalue weighted by molar-refractivity contribution is 7.89. The molecule has 0 aliphatic carbocycles. The van der Waals surface area contributed by atoms with Crippen LogP contribution in [0, 0.1) is 10.1 Å². The Kier molecular flexibility index (Phi) is 5.38. The molecule has 22 heavy (non-hydrogen) atoms. The molecule has 1 aromatic rings. The quantitative estimate of drug-likeness (QED) is 0.627. The van der Waals surface area contributed by atoms with Gasteiger partial charge in [-0.05, 0) is 25.5 Å². The first-order chi connectivity index (χ1) is 10.4. The lowest BCUT2D eigenvalue weighted by atomic mass is 10.2. The Balaban J connectivity index is 2.54. The van der Waals surface area contributed by atoms with E-state index >= 15 is 0 Å². The highest BCUT2D eigenvalue weighted by atomic mass is 35.5. The summed E-state index contributed by atoms with van der Waals surface area (Å²) < 4.78 is 27.3. The molecule has 1 aromatic carbocycles. The Morgan fingerprint density at radius 1 is 1.50 bits per heavy atom. The van der Waals surface area contributed by atoms with Crippen molar-refractivity contribution in [2.45, 2.75) is 30.7 Å². The van der Waals surface area contributed by atoms with E-state index in [0.717, 1.165) is 12.6 Å². The smallest absolute Gasteiger partial charge is 0.290 e. The van der Waals surface area contributed by atoms with E-state index in [1.54, 1.807) is 0 Å². The summed E-state index contributed by atoms with van der Waals surface area (Å²) in [7, 11) is -4.03. The lowest BCUT2D eigenvalue weighted by molar-refractivity contribution is -0.387. The van der Waals surface area contributed by atoms with Gasteiger partial charge in [-0.2, -0.15) is 4.31 Å². The summed E-state index contributed by atoms with van der Waals surface area (Å²) in [6.07, 6.45) is 1.30. The number of sulfonamides is 1. The molecule has 7 nitrogen and oxygen atoms in total. The van der Waals surface area contributed by atoms with Crippen LogP contribution in [0.15, 0.2) is 23.1 Å². The number of nitrogens with zero attached hydrogens (tertiary/aromatic N) is 2. The van der Waals surface area contributed by atoms with Crippen LogP contribution in [0.25, 0.3) is 0 Å². The first kappa shape index (κ1) is 17.1. The van der Waals surface area contributed by atoms with Crippen LogP contribution in [-0.4, -0.2) is 43.3 Å². The van der Waals surface area contributed by atoms with Gasteiger partial charge in [0.05, 0.1) is 9.95 Å². The fourth-order valence-corrected chi connectivity index (χ4v) is 5.03. The number of benzene rings is 1. The minimum absolute atomic E-state index is 0.124. The van der Waals surface area contributed by atoms with E-state index in [9.17, 15) is 18.5 Å². The molecule has 9 heteroatoms. The normalized spacial score (nSPS) is 18.8. The molecule has 1 aliphatic heterocycles. The molecule has 0 saturated carbocycles. The van der Waals surface area contributed by atoms with Gasteiger partial charge >= 0.3 is 0 Å². The summed E-state index contributed by atoms with van der Waals surface area (Å²) in [6, 6.07) is 3.69. The van der Waals surface area contributed by atoms with Crippen LogP contribution in [0.5, 0.6) is 0 Å². The van der Waals surface area contributed by atoms with E-state index in [2.05, 4.69) is 5.32 Å². The van der Waals surface area contributed by atoms with Gasteiger partial charge in [0, 0.05) is 25.2 Å². The van der Waals surface area contributed by atoms with Gasteiger partial charge < -0.3 is 5.32 Å². The molecule has 1 atom stereocenters. The van der Waals surface area contributed by atoms with Crippen molar-refractivity contribution < 1.29 is 13.3 Å². The molecule has 122 valence electrons. The van der Waals surface area contributed by atoms with Crippen LogP contribution < -0.4 is 5.32 Å². The Hall–Kier alpha value is -1.22. The third kappa shape index (κ3) is 3.24. The average Bonchev–Trinajstić information content (AvgIpc) is 2.97. The fraction of sp³-hybridized carbons (Fsp3) is 0.538. The summed E-state index contributed by atoms with van der Waals surface area (Å²) in [5, 5.41) is 14.2. The molecule has 1 heterocycles. The largest absolute Gasteiger partial charge is 0.315 e. The molecule has 0 spiro atoms. The Morgan fingerprint density at radius 3 is 2.77 bits per heavy atom. The molecule has 1 fully saturated rings. The van der Waals surface area contributed by atoms with Crippen molar-refractivity contribution in [3.05, 3.63) is 33.3 Å². The molecule has 1 N–H and O–H groups in total. The number of nitro benzene ring substituents is 1. The summed E-state index contributed by atoms with van der Waals surface area (Å²) in [4.78, 5) is 10.0. The molecular weight excluding hydrogens is 330 g/mol. The Labute approximate surface area is 134 Å². The fourth-order valence-electron chi connectivity index (χ4n) is 2.62. The van der Waals surface area contributed by atoms with E-state index in [1.807, 2.05) is 6.92 Å². The molecule has 0 aromatic heterocycles. The summed E-state index contributed by atoms with van der Waals surface area (Å²) >= 11 is 5.98. The zero-order valence-corrected chi connectivity index (χ0v) is 13.7. The lowest BCUT2D eigenvalue weighted by Crippen LogP contribution is -2.42. The van der Waals surface area contributed by atoms with E-state index in [4.69, 9.17) is 11.6 Å². The van der Waals surface area contributed by atoms with Crippen molar-refractivity contribution >= 4 is 27.3 Å². The monoisotopic (exact) mass is 347 g/mol. The predicted molar refractivity (Wildman–Crippen MR) is 83.6 cm³/mol. The zero-order valence-electron chi connectivity index (χ0n) is 12.2. The molecule has 1 unspecified atom stereocenters. The molecular formula is C13H18ClN3O4S. The van der Waals surface area contributed by atoms with E-state index < -0.39 is 25.5 Å². The predicted octanol–water partition coefficient (Wildman–Crippen LogP) is 2.01. The van der Waals surface area contributed by atoms with Crippen molar-refractivity contribution in [3.8, 4) is 0 Å². The molecule has 1 aliphatic rings. The number of rotatable bonds is 6. The van der Waals surface area contributed by atoms with Gasteiger partial charge in [-0.1, -0.05) is 24.6 Å². The Bertz CT molecular complexity index is 659. The van der Waals surface area contributed by atoms with Crippen molar-refractivity contribution in [2.24, 2.45) is 0 Å². The lowest BCUT2D eigenvalue weighted by Gasteiger charge is -2.27. The standard InChI is InChI=1S/C13H18ClN3O4S/c1-2-8-16(10-6-7-15-9-10)22(20,21)13-11(14)4-3-5-12(13)17(18)19/h3-5,10,15H,2,6-9H2,1H3. The minimum atomic E-state index is -4.03. The number of nitro groups is 1. The summed E-state index contributed by atoms with van der Waals surface area (Å²) in [6.45, 7) is 3.44. The van der Waals surface area contributed by atoms with Gasteiger partial charge in [0.25, 0.3) is 15.7 Å². The minimum Gasteiger partial charge on any atom is -0.315 e. The second kappa shape index (κ2) is 6.91. The van der Waals surface area contributed by atoms with Crippen LogP contribution >= 0.6 is 11.6 Å². The van der Waals surface area contributed by atoms with Gasteiger partial charge in [0.1, 0.15) is 0 Å². The topological polar surface area (TPSA) is 92.6 Å². The van der Waals surface area contributed by atoms with Crippen LogP contribution in [0.1, 0.15) is 19.8 Å². The summed E-state index contributed by atoms with van der Waals surface area (Å²) in [5.74, 6) is 0. The van der Waals surface area contributed by atoms with Crippen molar-refractivity contribution in [1.82, 2.24) is 9.62 Å². The molecule has 1 saturated heterocycles. The third-order valence-electron chi connectivity index (χ3n) is 3.60. The highest BCUT2D eigenvalue weighted by Crippen LogP contribution is 2.34.